The Morgan fingerprint density at radius 3 is 1.53 bits per heavy atom. The van der Waals surface area contributed by atoms with Gasteiger partial charge in [0.05, 0.1) is 91.5 Å². The van der Waals surface area contributed by atoms with E-state index in [4.69, 9.17) is 44.3 Å². The predicted molar refractivity (Wildman–Crippen MR) is 145 cm³/mol. The summed E-state index contributed by atoms with van der Waals surface area (Å²) in [5.41, 5.74) is 1.52. The van der Waals surface area contributed by atoms with Crippen LogP contribution in [0, 0.1) is 12.3 Å². The molecule has 0 fully saturated rings. The highest BCUT2D eigenvalue weighted by molar-refractivity contribution is 5.89. The lowest BCUT2D eigenvalue weighted by Gasteiger charge is -2.09. The second-order valence-corrected chi connectivity index (χ2v) is 7.92. The molecule has 0 aromatic heterocycles. The molecule has 0 spiro atoms. The van der Waals surface area contributed by atoms with E-state index in [1.807, 2.05) is 12.1 Å². The number of benzene rings is 1. The molecule has 0 heterocycles. The molecule has 0 unspecified atom stereocenters. The molecule has 0 atom stereocenters. The van der Waals surface area contributed by atoms with Crippen molar-refractivity contribution in [3.63, 3.8) is 0 Å². The lowest BCUT2D eigenvalue weighted by Crippen LogP contribution is -2.15. The van der Waals surface area contributed by atoms with Crippen molar-refractivity contribution in [1.29, 1.82) is 0 Å². The number of anilines is 1. The van der Waals surface area contributed by atoms with Gasteiger partial charge in [0.2, 0.25) is 0 Å². The van der Waals surface area contributed by atoms with Gasteiger partial charge in [-0.1, -0.05) is 19.3 Å². The summed E-state index contributed by atoms with van der Waals surface area (Å²) < 4.78 is 42.8. The first-order chi connectivity index (χ1) is 18.8. The first-order valence-electron chi connectivity index (χ1n) is 13.3. The molecule has 0 aliphatic rings. The fraction of sp³-hybridized carbons (Fsp3) is 0.679. The molecule has 0 saturated heterocycles. The second kappa shape index (κ2) is 26.4. The quantitative estimate of drug-likeness (QED) is 0.102. The minimum atomic E-state index is -0.359. The van der Waals surface area contributed by atoms with Gasteiger partial charge in [-0.25, -0.2) is 4.79 Å². The van der Waals surface area contributed by atoms with E-state index in [2.05, 4.69) is 18.2 Å². The molecule has 0 saturated carbocycles. The topological polar surface area (TPSA) is 103 Å². The Bertz CT molecular complexity index is 709. The Morgan fingerprint density at radius 1 is 0.684 bits per heavy atom. The van der Waals surface area contributed by atoms with Crippen LogP contribution in [0.2, 0.25) is 0 Å². The van der Waals surface area contributed by atoms with Gasteiger partial charge in [0.25, 0.3) is 0 Å². The van der Waals surface area contributed by atoms with Crippen LogP contribution in [-0.4, -0.2) is 112 Å². The number of hydrogen-bond donors (Lipinski definition) is 1. The maximum absolute atomic E-state index is 12.1. The Labute approximate surface area is 227 Å². The number of unbranched alkanes of at least 4 members (excludes halogenated alkanes) is 1. The molecule has 0 aliphatic carbocycles. The van der Waals surface area contributed by atoms with Crippen molar-refractivity contribution in [3.05, 3.63) is 29.8 Å². The lowest BCUT2D eigenvalue weighted by atomic mass is 10.2. The summed E-state index contributed by atoms with van der Waals surface area (Å²) in [5.74, 6) is 2.03. The molecule has 1 N–H and O–H groups in total. The molecule has 10 heteroatoms. The summed E-state index contributed by atoms with van der Waals surface area (Å²) in [6.07, 6.45) is 7.32. The van der Waals surface area contributed by atoms with Crippen molar-refractivity contribution in [2.75, 3.05) is 111 Å². The van der Waals surface area contributed by atoms with Crippen molar-refractivity contribution in [2.45, 2.75) is 19.8 Å². The highest BCUT2D eigenvalue weighted by Crippen LogP contribution is 2.10. The van der Waals surface area contributed by atoms with Crippen LogP contribution < -0.4 is 5.32 Å². The number of carbonyl (C=O) groups excluding carboxylic acids is 1. The third kappa shape index (κ3) is 20.8. The molecule has 38 heavy (non-hydrogen) atoms. The normalized spacial score (nSPS) is 10.8. The van der Waals surface area contributed by atoms with Gasteiger partial charge in [0.15, 0.2) is 0 Å². The van der Waals surface area contributed by atoms with E-state index < -0.39 is 0 Å². The van der Waals surface area contributed by atoms with Gasteiger partial charge in [-0.2, -0.15) is 0 Å². The van der Waals surface area contributed by atoms with Crippen molar-refractivity contribution in [2.24, 2.45) is 0 Å². The molecule has 1 rings (SSSR count). The Morgan fingerprint density at radius 2 is 1.11 bits per heavy atom. The molecule has 216 valence electrons. The summed E-state index contributed by atoms with van der Waals surface area (Å²) in [6, 6.07) is 7.29. The zero-order valence-corrected chi connectivity index (χ0v) is 22.8. The Hall–Kier alpha value is -2.23. The molecule has 1 aromatic rings. The number of hydrogen-bond acceptors (Lipinski definition) is 10. The number of carbonyl (C=O) groups is 1. The summed E-state index contributed by atoms with van der Waals surface area (Å²) in [4.78, 5) is 12.1. The van der Waals surface area contributed by atoms with Gasteiger partial charge >= 0.3 is 5.97 Å². The highest BCUT2D eigenvalue weighted by Gasteiger charge is 2.06. The number of terminal acetylenes is 1. The molecule has 0 radical (unpaired) electrons. The van der Waals surface area contributed by atoms with Gasteiger partial charge < -0.3 is 43.2 Å². The number of nitrogens with one attached hydrogen (secondary N) is 1. The van der Waals surface area contributed by atoms with Crippen LogP contribution in [0.1, 0.15) is 30.1 Å². The van der Waals surface area contributed by atoms with Gasteiger partial charge in [-0.15, -0.1) is 6.42 Å². The van der Waals surface area contributed by atoms with E-state index in [0.29, 0.717) is 98.1 Å². The minimum absolute atomic E-state index is 0.195. The first kappa shape index (κ1) is 33.8. The molecule has 10 nitrogen and oxygen atoms in total. The number of ether oxygens (including phenoxy) is 8. The number of rotatable bonds is 27. The van der Waals surface area contributed by atoms with Crippen molar-refractivity contribution in [3.8, 4) is 12.3 Å². The van der Waals surface area contributed by atoms with Crippen molar-refractivity contribution >= 4 is 11.7 Å². The third-order valence-corrected chi connectivity index (χ3v) is 4.86. The molecule has 0 aliphatic heterocycles. The molecule has 0 amide bonds. The van der Waals surface area contributed by atoms with E-state index >= 15 is 0 Å². The van der Waals surface area contributed by atoms with Crippen LogP contribution in [0.5, 0.6) is 0 Å². The van der Waals surface area contributed by atoms with Crippen molar-refractivity contribution < 1.29 is 42.7 Å². The van der Waals surface area contributed by atoms with Crippen molar-refractivity contribution in [1.82, 2.24) is 0 Å². The smallest absolute Gasteiger partial charge is 0.338 e. The van der Waals surface area contributed by atoms with E-state index in [0.717, 1.165) is 25.1 Å². The predicted octanol–water partition coefficient (Wildman–Crippen LogP) is 2.80. The summed E-state index contributed by atoms with van der Waals surface area (Å²) in [5, 5.41) is 3.31. The zero-order chi connectivity index (χ0) is 27.4. The molecular weight excluding hydrogens is 494 g/mol. The second-order valence-electron chi connectivity index (χ2n) is 7.92. The van der Waals surface area contributed by atoms with E-state index in [-0.39, 0.29) is 12.6 Å². The molecule has 0 bridgehead atoms. The van der Waals surface area contributed by atoms with Crippen LogP contribution in [0.25, 0.3) is 0 Å². The average molecular weight is 540 g/mol. The number of esters is 1. The minimum Gasteiger partial charge on any atom is -0.460 e. The monoisotopic (exact) mass is 539 g/mol. The first-order valence-corrected chi connectivity index (χ1v) is 13.3. The highest BCUT2D eigenvalue weighted by atomic mass is 16.6. The van der Waals surface area contributed by atoms with Gasteiger partial charge in [0.1, 0.15) is 13.2 Å². The Kier molecular flexibility index (Phi) is 23.5. The summed E-state index contributed by atoms with van der Waals surface area (Å²) in [7, 11) is 0. The van der Waals surface area contributed by atoms with Gasteiger partial charge in [-0.05, 0) is 30.7 Å². The van der Waals surface area contributed by atoms with Crippen LogP contribution in [0.3, 0.4) is 0 Å². The maximum atomic E-state index is 12.1. The molecular formula is C28H45NO9. The van der Waals surface area contributed by atoms with Crippen LogP contribution >= 0.6 is 0 Å². The maximum Gasteiger partial charge on any atom is 0.338 e. The summed E-state index contributed by atoms with van der Waals surface area (Å²) in [6.45, 7) is 9.69. The fourth-order valence-corrected chi connectivity index (χ4v) is 2.86. The SMILES string of the molecule is C#CCOCCOCCOCCOCCOCCOCCOCCOC(=O)c1ccc(NCCCC)cc1. The van der Waals surface area contributed by atoms with E-state index in [1.54, 1.807) is 12.1 Å². The third-order valence-electron chi connectivity index (χ3n) is 4.86. The standard InChI is InChI=1S/C28H45NO9/c1-3-5-10-29-27-8-6-26(7-9-27)28(30)38-25-24-37-23-22-36-21-20-35-19-18-34-17-16-33-15-14-32-13-12-31-11-4-2/h2,6-9,29H,3,5,10-25H2,1H3. The van der Waals surface area contributed by atoms with E-state index in [9.17, 15) is 4.79 Å². The fourth-order valence-electron chi connectivity index (χ4n) is 2.86. The van der Waals surface area contributed by atoms with Gasteiger partial charge in [0, 0.05) is 12.2 Å². The zero-order valence-electron chi connectivity index (χ0n) is 22.8. The largest absolute Gasteiger partial charge is 0.460 e. The average Bonchev–Trinajstić information content (AvgIpc) is 2.94. The Balaban J connectivity index is 1.78. The van der Waals surface area contributed by atoms with Crippen LogP contribution in [-0.2, 0) is 37.9 Å². The summed E-state index contributed by atoms with van der Waals surface area (Å²) >= 11 is 0. The molecule has 1 aromatic carbocycles. The van der Waals surface area contributed by atoms with Crippen LogP contribution in [0.15, 0.2) is 24.3 Å². The van der Waals surface area contributed by atoms with E-state index in [1.165, 1.54) is 0 Å². The van der Waals surface area contributed by atoms with Gasteiger partial charge in [-0.3, -0.25) is 0 Å². The van der Waals surface area contributed by atoms with Crippen LogP contribution in [0.4, 0.5) is 5.69 Å². The lowest BCUT2D eigenvalue weighted by molar-refractivity contribution is -0.0216.